The minimum absolute atomic E-state index is 0. The number of nitrogens with zero attached hydrogens (tertiary/aromatic N) is 4. The average molecular weight is 835 g/mol. The zero-order chi connectivity index (χ0) is 40.3. The van der Waals surface area contributed by atoms with E-state index in [4.69, 9.17) is 9.47 Å². The zero-order valence-corrected chi connectivity index (χ0v) is 31.6. The molecule has 0 amide bonds. The van der Waals surface area contributed by atoms with Crippen molar-refractivity contribution in [3.05, 3.63) is 157 Å². The molecule has 6 aromatic carbocycles. The third kappa shape index (κ3) is 9.90. The molecule has 0 fully saturated rings. The predicted octanol–water partition coefficient (Wildman–Crippen LogP) is 8.66. The van der Waals surface area contributed by atoms with Crippen LogP contribution >= 0.6 is 0 Å². The maximum absolute atomic E-state index is 12.7. The maximum atomic E-state index is 12.7. The number of rotatable bonds is 12. The van der Waals surface area contributed by atoms with Crippen LogP contribution in [-0.4, -0.2) is 75.4 Å². The van der Waals surface area contributed by atoms with E-state index in [9.17, 15) is 25.9 Å². The van der Waals surface area contributed by atoms with Gasteiger partial charge in [0, 0.05) is 30.2 Å². The topological polar surface area (TPSA) is 203 Å². The third-order valence-corrected chi connectivity index (χ3v) is 10.7. The van der Waals surface area contributed by atoms with Gasteiger partial charge in [0.2, 0.25) is 23.7 Å². The molecule has 0 aliphatic carbocycles. The Hall–Kier alpha value is -6.24. The van der Waals surface area contributed by atoms with Crippen LogP contribution in [-0.2, 0) is 20.2 Å². The van der Waals surface area contributed by atoms with Gasteiger partial charge in [-0.15, -0.1) is 0 Å². The fraction of sp³-hybridized carbons (Fsp3) is 0. The molecule has 8 aromatic rings. The minimum atomic E-state index is -5.27. The van der Waals surface area contributed by atoms with Crippen LogP contribution in [0.3, 0.4) is 0 Å². The standard InChI is InChI=1S/C42H30N6O8S2.Na.H/c49-57(50,51)39-30(12-9-27-10-16-33(17-11-27)45-41-43-23-21-37(47-41)55-34-18-13-28-5-1-3-7-31(28)25-34)15-20-36(40(39)58(52,53)54)46-42-44-24-22-38(48-42)56-35-19-14-29-6-2-4-8-32(29)26-35;;/h1-26H,(H,43,45,47)(H,44,46,48)(H,49,50,51)(H,52,53,54);;. The summed E-state index contributed by atoms with van der Waals surface area (Å²) in [6.07, 6.45) is 5.69. The summed E-state index contributed by atoms with van der Waals surface area (Å²) < 4.78 is 83.3. The van der Waals surface area contributed by atoms with E-state index in [1.54, 1.807) is 42.6 Å². The van der Waals surface area contributed by atoms with E-state index in [0.717, 1.165) is 21.5 Å². The van der Waals surface area contributed by atoms with Crippen molar-refractivity contribution in [1.82, 2.24) is 19.9 Å². The van der Waals surface area contributed by atoms with E-state index in [1.165, 1.54) is 36.5 Å². The van der Waals surface area contributed by atoms with Gasteiger partial charge in [0.05, 0.1) is 5.69 Å². The first kappa shape index (κ1) is 40.9. The van der Waals surface area contributed by atoms with Crippen molar-refractivity contribution in [2.24, 2.45) is 0 Å². The van der Waals surface area contributed by atoms with E-state index in [0.29, 0.717) is 28.6 Å². The summed E-state index contributed by atoms with van der Waals surface area (Å²) in [5.74, 6) is 1.61. The van der Waals surface area contributed by atoms with Crippen LogP contribution in [0.15, 0.2) is 156 Å². The van der Waals surface area contributed by atoms with Gasteiger partial charge in [-0.2, -0.15) is 26.8 Å². The molecule has 0 bridgehead atoms. The summed E-state index contributed by atoms with van der Waals surface area (Å²) in [6.45, 7) is 0. The Labute approximate surface area is 360 Å². The number of aromatic nitrogens is 4. The Balaban J connectivity index is 0.00000528. The van der Waals surface area contributed by atoms with E-state index < -0.39 is 35.7 Å². The summed E-state index contributed by atoms with van der Waals surface area (Å²) >= 11 is 0. The molecule has 2 heterocycles. The van der Waals surface area contributed by atoms with Crippen molar-refractivity contribution in [3.8, 4) is 23.3 Å². The van der Waals surface area contributed by atoms with Gasteiger partial charge in [0.15, 0.2) is 0 Å². The molecule has 0 saturated heterocycles. The Kier molecular flexibility index (Phi) is 12.0. The second-order valence-electron chi connectivity index (χ2n) is 12.7. The van der Waals surface area contributed by atoms with Gasteiger partial charge in [-0.3, -0.25) is 9.11 Å². The number of benzene rings is 6. The fourth-order valence-electron chi connectivity index (χ4n) is 6.06. The predicted molar refractivity (Wildman–Crippen MR) is 227 cm³/mol. The van der Waals surface area contributed by atoms with Gasteiger partial charge < -0.3 is 20.1 Å². The second-order valence-corrected chi connectivity index (χ2v) is 15.4. The number of hydrogen-bond acceptors (Lipinski definition) is 12. The van der Waals surface area contributed by atoms with Gasteiger partial charge in [-0.05, 0) is 75.1 Å². The van der Waals surface area contributed by atoms with Crippen molar-refractivity contribution in [2.75, 3.05) is 10.6 Å². The fourth-order valence-corrected chi connectivity index (χ4v) is 8.22. The normalized spacial score (nSPS) is 11.6. The van der Waals surface area contributed by atoms with Crippen LogP contribution in [0, 0.1) is 0 Å². The van der Waals surface area contributed by atoms with Crippen LogP contribution in [0.25, 0.3) is 33.7 Å². The Bertz CT molecular complexity index is 3100. The van der Waals surface area contributed by atoms with Gasteiger partial charge in [-0.1, -0.05) is 91.0 Å². The molecule has 0 saturated carbocycles. The molecule has 2 aromatic heterocycles. The molecule has 0 atom stereocenters. The molecule has 290 valence electrons. The molecule has 8 rings (SSSR count). The van der Waals surface area contributed by atoms with Crippen molar-refractivity contribution < 1.29 is 35.4 Å². The average Bonchev–Trinajstić information content (AvgIpc) is 3.20. The van der Waals surface area contributed by atoms with Gasteiger partial charge in [0.1, 0.15) is 21.3 Å². The van der Waals surface area contributed by atoms with Crippen molar-refractivity contribution in [2.45, 2.75) is 9.79 Å². The number of hydrogen-bond donors (Lipinski definition) is 4. The van der Waals surface area contributed by atoms with Crippen LogP contribution in [0.1, 0.15) is 11.1 Å². The van der Waals surface area contributed by atoms with Crippen molar-refractivity contribution in [3.63, 3.8) is 0 Å². The van der Waals surface area contributed by atoms with E-state index >= 15 is 0 Å². The first-order valence-electron chi connectivity index (χ1n) is 17.4. The Morgan fingerprint density at radius 1 is 0.525 bits per heavy atom. The Morgan fingerprint density at radius 2 is 1.03 bits per heavy atom. The molecule has 0 radical (unpaired) electrons. The molecule has 14 nitrogen and oxygen atoms in total. The number of ether oxygens (including phenoxy) is 2. The SMILES string of the molecule is O=S(=O)(O)c1c(C=Cc2ccc(Nc3nccc(Oc4ccc5ccccc5c4)n3)cc2)ccc(Nc2nccc(Oc3ccc4ccccc4c3)n2)c1S(=O)(=O)O.[NaH]. The second kappa shape index (κ2) is 17.3. The molecule has 0 spiro atoms. The third-order valence-electron chi connectivity index (χ3n) is 8.67. The van der Waals surface area contributed by atoms with Gasteiger partial charge in [0.25, 0.3) is 20.2 Å². The van der Waals surface area contributed by atoms with Gasteiger partial charge in [-0.25, -0.2) is 9.97 Å². The summed E-state index contributed by atoms with van der Waals surface area (Å²) in [5, 5.41) is 9.79. The van der Waals surface area contributed by atoms with E-state index in [1.807, 2.05) is 78.9 Å². The number of nitrogens with one attached hydrogen (secondary N) is 2. The molecule has 0 aliphatic heterocycles. The number of fused-ring (bicyclic) bond motifs is 2. The first-order valence-corrected chi connectivity index (χ1v) is 20.3. The molecular weight excluding hydrogens is 804 g/mol. The molecule has 4 N–H and O–H groups in total. The van der Waals surface area contributed by atoms with Crippen LogP contribution in [0.5, 0.6) is 23.3 Å². The monoisotopic (exact) mass is 834 g/mol. The summed E-state index contributed by atoms with van der Waals surface area (Å²) in [4.78, 5) is 14.9. The quantitative estimate of drug-likeness (QED) is 0.0517. The summed E-state index contributed by atoms with van der Waals surface area (Å²) in [7, 11) is -10.5. The summed E-state index contributed by atoms with van der Waals surface area (Å²) in [5.41, 5.74) is 0.554. The molecule has 0 unspecified atom stereocenters. The van der Waals surface area contributed by atoms with Crippen molar-refractivity contribution in [1.29, 1.82) is 0 Å². The molecular formula is C42H31N6NaO8S2. The molecule has 59 heavy (non-hydrogen) atoms. The van der Waals surface area contributed by atoms with Crippen molar-refractivity contribution >= 4 is 107 Å². The van der Waals surface area contributed by atoms with Crippen LogP contribution in [0.2, 0.25) is 0 Å². The number of anilines is 4. The molecule has 0 aliphatic rings. The van der Waals surface area contributed by atoms with Crippen LogP contribution < -0.4 is 20.1 Å². The molecule has 17 heteroatoms. The van der Waals surface area contributed by atoms with E-state index in [-0.39, 0.29) is 52.9 Å². The van der Waals surface area contributed by atoms with E-state index in [2.05, 4.69) is 30.6 Å². The van der Waals surface area contributed by atoms with Crippen LogP contribution in [0.4, 0.5) is 23.3 Å². The Morgan fingerprint density at radius 3 is 1.56 bits per heavy atom. The van der Waals surface area contributed by atoms with Gasteiger partial charge >= 0.3 is 29.6 Å². The summed E-state index contributed by atoms with van der Waals surface area (Å²) in [6, 6.07) is 39.2. The zero-order valence-electron chi connectivity index (χ0n) is 30.0. The first-order chi connectivity index (χ1) is 27.9.